The molecule has 2 aromatic rings. The van der Waals surface area contributed by atoms with Gasteiger partial charge in [0.15, 0.2) is 0 Å². The highest BCUT2D eigenvalue weighted by molar-refractivity contribution is 6.42. The molecule has 0 amide bonds. The molecule has 0 heterocycles. The van der Waals surface area contributed by atoms with Crippen LogP contribution >= 0.6 is 23.2 Å². The molecule has 0 aliphatic heterocycles. The second kappa shape index (κ2) is 5.42. The standard InChI is InChI=1S/C12H6Cl2FNO3/c13-8-5-4-7(6-9(8)14)19-11-3-1-2-10(15)12(11)16(17)18/h1-6H. The predicted octanol–water partition coefficient (Wildman–Crippen LogP) is 4.83. The molecule has 7 heteroatoms. The average Bonchev–Trinajstić information content (AvgIpc) is 2.33. The molecule has 19 heavy (non-hydrogen) atoms. The number of halogens is 3. The topological polar surface area (TPSA) is 52.4 Å². The molecule has 0 unspecified atom stereocenters. The Morgan fingerprint density at radius 3 is 2.53 bits per heavy atom. The molecule has 0 saturated carbocycles. The smallest absolute Gasteiger partial charge is 0.346 e. The molecule has 0 bridgehead atoms. The van der Waals surface area contributed by atoms with Crippen molar-refractivity contribution in [1.82, 2.24) is 0 Å². The van der Waals surface area contributed by atoms with Crippen molar-refractivity contribution >= 4 is 28.9 Å². The molecular formula is C12H6Cl2FNO3. The summed E-state index contributed by atoms with van der Waals surface area (Å²) in [7, 11) is 0. The third-order valence-corrected chi connectivity index (χ3v) is 2.99. The lowest BCUT2D eigenvalue weighted by Gasteiger charge is -2.07. The number of rotatable bonds is 3. The Kier molecular flexibility index (Phi) is 3.87. The Morgan fingerprint density at radius 2 is 1.89 bits per heavy atom. The first kappa shape index (κ1) is 13.6. The molecule has 0 aromatic heterocycles. The number of hydrogen-bond acceptors (Lipinski definition) is 3. The van der Waals surface area contributed by atoms with Gasteiger partial charge in [0, 0.05) is 6.07 Å². The van der Waals surface area contributed by atoms with E-state index in [1.807, 2.05) is 0 Å². The van der Waals surface area contributed by atoms with Crippen LogP contribution in [0.2, 0.25) is 10.0 Å². The highest BCUT2D eigenvalue weighted by atomic mass is 35.5. The van der Waals surface area contributed by atoms with Crippen molar-refractivity contribution < 1.29 is 14.1 Å². The minimum absolute atomic E-state index is 0.205. The normalized spacial score (nSPS) is 10.3. The van der Waals surface area contributed by atoms with Crippen LogP contribution in [0.5, 0.6) is 11.5 Å². The van der Waals surface area contributed by atoms with E-state index in [4.69, 9.17) is 27.9 Å². The van der Waals surface area contributed by atoms with Gasteiger partial charge in [-0.3, -0.25) is 10.1 Å². The van der Waals surface area contributed by atoms with Gasteiger partial charge >= 0.3 is 5.69 Å². The van der Waals surface area contributed by atoms with E-state index in [2.05, 4.69) is 0 Å². The van der Waals surface area contributed by atoms with Crippen LogP contribution < -0.4 is 4.74 Å². The van der Waals surface area contributed by atoms with E-state index in [9.17, 15) is 14.5 Å². The lowest BCUT2D eigenvalue weighted by molar-refractivity contribution is -0.388. The third-order valence-electron chi connectivity index (χ3n) is 2.25. The van der Waals surface area contributed by atoms with E-state index in [1.54, 1.807) is 0 Å². The lowest BCUT2D eigenvalue weighted by Crippen LogP contribution is -1.96. The van der Waals surface area contributed by atoms with Crippen LogP contribution in [-0.2, 0) is 0 Å². The molecule has 0 spiro atoms. The van der Waals surface area contributed by atoms with Crippen molar-refractivity contribution in [2.45, 2.75) is 0 Å². The number of ether oxygens (including phenoxy) is 1. The van der Waals surface area contributed by atoms with Crippen molar-refractivity contribution in [3.05, 3.63) is 62.4 Å². The fourth-order valence-corrected chi connectivity index (χ4v) is 1.71. The number of nitro groups is 1. The molecule has 0 N–H and O–H groups in total. The van der Waals surface area contributed by atoms with E-state index in [1.165, 1.54) is 30.3 Å². The van der Waals surface area contributed by atoms with Gasteiger partial charge in [0.2, 0.25) is 11.6 Å². The molecule has 0 aliphatic carbocycles. The fourth-order valence-electron chi connectivity index (χ4n) is 1.42. The van der Waals surface area contributed by atoms with Gasteiger partial charge in [-0.15, -0.1) is 0 Å². The summed E-state index contributed by atoms with van der Waals surface area (Å²) < 4.78 is 18.6. The Bertz CT molecular complexity index is 649. The van der Waals surface area contributed by atoms with Crippen LogP contribution in [0.1, 0.15) is 0 Å². The van der Waals surface area contributed by atoms with Crippen LogP contribution in [-0.4, -0.2) is 4.92 Å². The van der Waals surface area contributed by atoms with Crippen LogP contribution in [0.25, 0.3) is 0 Å². The first-order chi connectivity index (χ1) is 8.99. The van der Waals surface area contributed by atoms with E-state index >= 15 is 0 Å². The van der Waals surface area contributed by atoms with Gasteiger partial charge in [0.25, 0.3) is 0 Å². The summed E-state index contributed by atoms with van der Waals surface area (Å²) >= 11 is 11.5. The maximum atomic E-state index is 13.4. The monoisotopic (exact) mass is 301 g/mol. The molecule has 98 valence electrons. The van der Waals surface area contributed by atoms with Crippen molar-refractivity contribution in [1.29, 1.82) is 0 Å². The number of nitrogens with zero attached hydrogens (tertiary/aromatic N) is 1. The molecule has 0 aliphatic rings. The minimum atomic E-state index is -0.970. The van der Waals surface area contributed by atoms with Crippen LogP contribution in [0.15, 0.2) is 36.4 Å². The number of para-hydroxylation sites is 1. The van der Waals surface area contributed by atoms with Crippen molar-refractivity contribution in [3.8, 4) is 11.5 Å². The molecule has 2 rings (SSSR count). The average molecular weight is 302 g/mol. The van der Waals surface area contributed by atoms with Crippen LogP contribution in [0, 0.1) is 15.9 Å². The van der Waals surface area contributed by atoms with E-state index < -0.39 is 16.4 Å². The largest absolute Gasteiger partial charge is 0.450 e. The molecule has 0 saturated heterocycles. The van der Waals surface area contributed by atoms with E-state index in [0.29, 0.717) is 5.02 Å². The van der Waals surface area contributed by atoms with Crippen LogP contribution in [0.4, 0.5) is 10.1 Å². The number of benzene rings is 2. The van der Waals surface area contributed by atoms with Gasteiger partial charge in [-0.05, 0) is 24.3 Å². The zero-order valence-electron chi connectivity index (χ0n) is 9.27. The first-order valence-corrected chi connectivity index (χ1v) is 5.80. The second-order valence-corrected chi connectivity index (χ2v) is 4.34. The summed E-state index contributed by atoms with van der Waals surface area (Å²) in [5.74, 6) is -0.950. The Labute approximate surface area is 117 Å². The Hall–Kier alpha value is -1.85. The van der Waals surface area contributed by atoms with Crippen molar-refractivity contribution in [2.75, 3.05) is 0 Å². The summed E-state index contributed by atoms with van der Waals surface area (Å²) in [6, 6.07) is 7.93. The van der Waals surface area contributed by atoms with Gasteiger partial charge in [-0.2, -0.15) is 4.39 Å². The van der Waals surface area contributed by atoms with Gasteiger partial charge in [-0.25, -0.2) is 0 Å². The van der Waals surface area contributed by atoms with Crippen LogP contribution in [0.3, 0.4) is 0 Å². The zero-order valence-corrected chi connectivity index (χ0v) is 10.8. The molecule has 0 fully saturated rings. The van der Waals surface area contributed by atoms with E-state index in [0.717, 1.165) is 6.07 Å². The molecule has 0 radical (unpaired) electrons. The summed E-state index contributed by atoms with van der Waals surface area (Å²) in [5, 5.41) is 11.3. The molecular weight excluding hydrogens is 296 g/mol. The maximum absolute atomic E-state index is 13.4. The number of hydrogen-bond donors (Lipinski definition) is 0. The van der Waals surface area contributed by atoms with Gasteiger partial charge in [0.1, 0.15) is 5.75 Å². The zero-order chi connectivity index (χ0) is 14.0. The summed E-state index contributed by atoms with van der Waals surface area (Å²) in [4.78, 5) is 9.95. The second-order valence-electron chi connectivity index (χ2n) is 3.52. The van der Waals surface area contributed by atoms with Crippen molar-refractivity contribution in [3.63, 3.8) is 0 Å². The fraction of sp³-hybridized carbons (Fsp3) is 0. The lowest BCUT2D eigenvalue weighted by atomic mass is 10.3. The third kappa shape index (κ3) is 2.94. The first-order valence-electron chi connectivity index (χ1n) is 5.05. The molecule has 0 atom stereocenters. The highest BCUT2D eigenvalue weighted by Gasteiger charge is 2.21. The number of nitro benzene ring substituents is 1. The van der Waals surface area contributed by atoms with E-state index in [-0.39, 0.29) is 16.5 Å². The predicted molar refractivity (Wildman–Crippen MR) is 69.6 cm³/mol. The molecule has 2 aromatic carbocycles. The molecule has 4 nitrogen and oxygen atoms in total. The van der Waals surface area contributed by atoms with Gasteiger partial charge in [-0.1, -0.05) is 29.3 Å². The Morgan fingerprint density at radius 1 is 1.16 bits per heavy atom. The minimum Gasteiger partial charge on any atom is -0.450 e. The van der Waals surface area contributed by atoms with Crippen molar-refractivity contribution in [2.24, 2.45) is 0 Å². The summed E-state index contributed by atoms with van der Waals surface area (Å²) in [6.07, 6.45) is 0. The maximum Gasteiger partial charge on any atom is 0.346 e. The summed E-state index contributed by atoms with van der Waals surface area (Å²) in [5.41, 5.74) is -0.728. The van der Waals surface area contributed by atoms with Gasteiger partial charge in [0.05, 0.1) is 15.0 Å². The Balaban J connectivity index is 2.40. The SMILES string of the molecule is O=[N+]([O-])c1c(F)cccc1Oc1ccc(Cl)c(Cl)c1. The summed E-state index contributed by atoms with van der Waals surface area (Å²) in [6.45, 7) is 0. The van der Waals surface area contributed by atoms with Gasteiger partial charge < -0.3 is 4.74 Å². The highest BCUT2D eigenvalue weighted by Crippen LogP contribution is 2.35. The quantitative estimate of drug-likeness (QED) is 0.602.